The highest BCUT2D eigenvalue weighted by atomic mass is 35.5. The maximum Gasteiger partial charge on any atom is 0.397 e. The molecule has 9 heteroatoms. The number of carbonyl (C=O) groups excluding carboxylic acids is 2. The van der Waals surface area contributed by atoms with Gasteiger partial charge in [-0.2, -0.15) is 0 Å². The number of fused-ring (bicyclic) bond motifs is 1. The molecule has 216 valence electrons. The van der Waals surface area contributed by atoms with Gasteiger partial charge < -0.3 is 9.84 Å². The largest absolute Gasteiger partial charge is 0.426 e. The van der Waals surface area contributed by atoms with Crippen molar-refractivity contribution in [2.24, 2.45) is 0 Å². The number of amides is 1. The first kappa shape index (κ1) is 31.5. The van der Waals surface area contributed by atoms with E-state index in [1.165, 1.54) is 0 Å². The Hall–Kier alpha value is -3.45. The molecule has 0 aliphatic carbocycles. The van der Waals surface area contributed by atoms with E-state index < -0.39 is 8.60 Å². The van der Waals surface area contributed by atoms with Crippen LogP contribution in [0.5, 0.6) is 5.75 Å². The molecule has 0 aromatic heterocycles. The summed E-state index contributed by atoms with van der Waals surface area (Å²) >= 11 is 10.6. The number of allylic oxidation sites excluding steroid dienone is 3. The molecule has 4 rings (SSSR count). The van der Waals surface area contributed by atoms with Gasteiger partial charge in [-0.1, -0.05) is 97.1 Å². The predicted octanol–water partition coefficient (Wildman–Crippen LogP) is 7.97. The summed E-state index contributed by atoms with van der Waals surface area (Å²) < 4.78 is 18.9. The van der Waals surface area contributed by atoms with Gasteiger partial charge in [-0.3, -0.25) is 18.6 Å². The second kappa shape index (κ2) is 16.9. The molecule has 42 heavy (non-hydrogen) atoms. The number of benzene rings is 4. The first-order valence-corrected chi connectivity index (χ1v) is 15.3. The highest BCUT2D eigenvalue weighted by Crippen LogP contribution is 2.46. The Labute approximate surface area is 257 Å². The summed E-state index contributed by atoms with van der Waals surface area (Å²) in [5.41, 5.74) is 3.75. The van der Waals surface area contributed by atoms with E-state index in [1.807, 2.05) is 97.1 Å². The Morgan fingerprint density at radius 2 is 1.48 bits per heavy atom. The fourth-order valence-corrected chi connectivity index (χ4v) is 5.69. The van der Waals surface area contributed by atoms with Crippen molar-refractivity contribution in [1.29, 1.82) is 0 Å². The Morgan fingerprint density at radius 3 is 2.05 bits per heavy atom. The molecular formula is C33H31ClNO5PS. The van der Waals surface area contributed by atoms with Gasteiger partial charge in [0.05, 0.1) is 13.2 Å². The zero-order chi connectivity index (χ0) is 29.6. The molecule has 0 aliphatic heterocycles. The normalized spacial score (nSPS) is 12.5. The predicted molar refractivity (Wildman–Crippen MR) is 174 cm³/mol. The van der Waals surface area contributed by atoms with Crippen molar-refractivity contribution in [3.63, 3.8) is 0 Å². The molecule has 1 atom stereocenters. The number of thiol groups is 1. The fraction of sp³-hybridized carbons (Fsp3) is 0.152. The fourth-order valence-electron chi connectivity index (χ4n) is 4.34. The van der Waals surface area contributed by atoms with Crippen molar-refractivity contribution in [2.45, 2.75) is 19.1 Å². The van der Waals surface area contributed by atoms with Crippen LogP contribution in [0.1, 0.15) is 28.2 Å². The third-order valence-electron chi connectivity index (χ3n) is 6.32. The van der Waals surface area contributed by atoms with Crippen LogP contribution in [0.3, 0.4) is 0 Å². The molecule has 4 aromatic carbocycles. The van der Waals surface area contributed by atoms with Gasteiger partial charge in [-0.05, 0) is 39.8 Å². The number of rotatable bonds is 16. The lowest BCUT2D eigenvalue weighted by Crippen LogP contribution is -2.22. The van der Waals surface area contributed by atoms with Gasteiger partial charge in [0.15, 0.2) is 6.29 Å². The molecule has 0 fully saturated rings. The number of halogens is 1. The van der Waals surface area contributed by atoms with Crippen molar-refractivity contribution in [1.82, 2.24) is 5.32 Å². The van der Waals surface area contributed by atoms with Crippen molar-refractivity contribution >= 4 is 62.4 Å². The van der Waals surface area contributed by atoms with Crippen LogP contribution in [0, 0.1) is 0 Å². The molecule has 1 amide bonds. The van der Waals surface area contributed by atoms with Crippen molar-refractivity contribution in [3.8, 4) is 5.75 Å². The maximum absolute atomic E-state index is 11.1. The number of hydrogen-bond acceptors (Lipinski definition) is 6. The quantitative estimate of drug-likeness (QED) is 0.0332. The molecule has 0 saturated heterocycles. The van der Waals surface area contributed by atoms with Gasteiger partial charge in [-0.25, -0.2) is 0 Å². The van der Waals surface area contributed by atoms with E-state index in [4.69, 9.17) is 25.2 Å². The van der Waals surface area contributed by atoms with Gasteiger partial charge in [0.25, 0.3) is 0 Å². The Bertz CT molecular complexity index is 1470. The minimum atomic E-state index is -1.81. The third kappa shape index (κ3) is 9.02. The summed E-state index contributed by atoms with van der Waals surface area (Å²) in [6, 6.07) is 29.5. The van der Waals surface area contributed by atoms with E-state index in [2.05, 4.69) is 17.9 Å². The van der Waals surface area contributed by atoms with Crippen molar-refractivity contribution in [2.75, 3.05) is 12.4 Å². The third-order valence-corrected chi connectivity index (χ3v) is 7.97. The Balaban J connectivity index is 1.75. The van der Waals surface area contributed by atoms with Crippen LogP contribution >= 0.6 is 32.8 Å². The Morgan fingerprint density at radius 1 is 0.881 bits per heavy atom. The molecule has 1 N–H and O–H groups in total. The highest BCUT2D eigenvalue weighted by Gasteiger charge is 2.23. The standard InChI is InChI=1S/C33H31ClNO5PS/c34-19-28(20-35-24-37)33-27(14-9-15-29(42)21-36)18-32(30-16-7-8-17-31(30)33)40-41(38-22-25-10-3-1-4-11-25)39-23-26-12-5-2-6-13-26/h1-18,21,24,28,42H,19-20,22-23H2,(H,35,37)/b14-9+,29-15-. The number of nitrogens with one attached hydrogen (secondary N) is 1. The second-order valence-electron chi connectivity index (χ2n) is 9.20. The molecule has 6 nitrogen and oxygen atoms in total. The SMILES string of the molecule is O=CNCC(CCl)c1c(/C=C/C=C(\S)C=O)cc(OP(OCc2ccccc2)OCc2ccccc2)c2ccccc12. The summed E-state index contributed by atoms with van der Waals surface area (Å²) in [4.78, 5) is 22.5. The first-order chi connectivity index (χ1) is 20.6. The summed E-state index contributed by atoms with van der Waals surface area (Å²) in [5, 5.41) is 4.52. The zero-order valence-electron chi connectivity index (χ0n) is 22.8. The number of hydrogen-bond donors (Lipinski definition) is 2. The lowest BCUT2D eigenvalue weighted by atomic mass is 9.89. The lowest BCUT2D eigenvalue weighted by molar-refractivity contribution is -0.109. The van der Waals surface area contributed by atoms with E-state index in [0.717, 1.165) is 33.0 Å². The number of aldehydes is 1. The minimum absolute atomic E-state index is 0.189. The molecule has 0 bridgehead atoms. The highest BCUT2D eigenvalue weighted by molar-refractivity contribution is 7.85. The molecule has 0 aliphatic rings. The second-order valence-corrected chi connectivity index (χ2v) is 11.2. The van der Waals surface area contributed by atoms with Gasteiger partial charge >= 0.3 is 8.60 Å². The van der Waals surface area contributed by atoms with Crippen LogP contribution in [0.2, 0.25) is 0 Å². The summed E-state index contributed by atoms with van der Waals surface area (Å²) in [5.74, 6) is 0.663. The maximum atomic E-state index is 11.1. The van der Waals surface area contributed by atoms with Crippen LogP contribution in [-0.2, 0) is 31.9 Å². The van der Waals surface area contributed by atoms with Crippen LogP contribution < -0.4 is 9.84 Å². The molecule has 0 saturated carbocycles. The van der Waals surface area contributed by atoms with E-state index >= 15 is 0 Å². The van der Waals surface area contributed by atoms with Gasteiger partial charge in [0.2, 0.25) is 6.41 Å². The topological polar surface area (TPSA) is 73.9 Å². The van der Waals surface area contributed by atoms with Crippen molar-refractivity contribution < 1.29 is 23.2 Å². The van der Waals surface area contributed by atoms with Crippen LogP contribution in [0.4, 0.5) is 0 Å². The molecule has 0 radical (unpaired) electrons. The van der Waals surface area contributed by atoms with E-state index in [0.29, 0.717) is 38.2 Å². The molecule has 4 aromatic rings. The lowest BCUT2D eigenvalue weighted by Gasteiger charge is -2.23. The molecule has 1 unspecified atom stereocenters. The number of alkyl halides is 1. The van der Waals surface area contributed by atoms with Gasteiger partial charge in [-0.15, -0.1) is 24.2 Å². The van der Waals surface area contributed by atoms with E-state index in [9.17, 15) is 9.59 Å². The molecule has 0 heterocycles. The summed E-state index contributed by atoms with van der Waals surface area (Å²) in [6.07, 6.45) is 6.55. The monoisotopic (exact) mass is 619 g/mol. The Kier molecular flexibility index (Phi) is 12.6. The summed E-state index contributed by atoms with van der Waals surface area (Å²) in [6.45, 7) is 0.987. The van der Waals surface area contributed by atoms with Gasteiger partial charge in [0, 0.05) is 28.6 Å². The smallest absolute Gasteiger partial charge is 0.397 e. The van der Waals surface area contributed by atoms with Crippen LogP contribution in [-0.4, -0.2) is 25.1 Å². The van der Waals surface area contributed by atoms with Crippen LogP contribution in [0.15, 0.2) is 108 Å². The summed E-state index contributed by atoms with van der Waals surface area (Å²) in [7, 11) is -1.81. The van der Waals surface area contributed by atoms with E-state index in [1.54, 1.807) is 12.2 Å². The van der Waals surface area contributed by atoms with E-state index in [-0.39, 0.29) is 16.7 Å². The minimum Gasteiger partial charge on any atom is -0.426 e. The van der Waals surface area contributed by atoms with Crippen LogP contribution in [0.25, 0.3) is 16.8 Å². The average molecular weight is 620 g/mol. The average Bonchev–Trinajstić information content (AvgIpc) is 3.04. The number of carbonyl (C=O) groups is 2. The zero-order valence-corrected chi connectivity index (χ0v) is 25.3. The molecule has 0 spiro atoms. The van der Waals surface area contributed by atoms with Crippen molar-refractivity contribution in [3.05, 3.63) is 130 Å². The first-order valence-electron chi connectivity index (χ1n) is 13.3. The molecular weight excluding hydrogens is 589 g/mol. The van der Waals surface area contributed by atoms with Gasteiger partial charge in [0.1, 0.15) is 5.75 Å².